The Balaban J connectivity index is 2.45. The molecule has 0 aliphatic carbocycles. The number of carboxylic acid groups (broad SMARTS) is 1. The van der Waals surface area contributed by atoms with Crippen molar-refractivity contribution in [3.05, 3.63) is 23.2 Å². The second-order valence-electron chi connectivity index (χ2n) is 5.05. The fourth-order valence-corrected chi connectivity index (χ4v) is 3.44. The van der Waals surface area contributed by atoms with Gasteiger partial charge in [-0.05, 0) is 25.5 Å². The molecule has 1 heterocycles. The van der Waals surface area contributed by atoms with Crippen molar-refractivity contribution in [3.8, 4) is 0 Å². The van der Waals surface area contributed by atoms with E-state index in [1.165, 1.54) is 11.8 Å². The van der Waals surface area contributed by atoms with Gasteiger partial charge >= 0.3 is 5.97 Å². The summed E-state index contributed by atoms with van der Waals surface area (Å²) in [5, 5.41) is 10.3. The highest BCUT2D eigenvalue weighted by Gasteiger charge is 2.18. The number of aromatic nitrogens is 2. The van der Waals surface area contributed by atoms with Gasteiger partial charge in [-0.25, -0.2) is 4.98 Å². The van der Waals surface area contributed by atoms with Gasteiger partial charge in [-0.2, -0.15) is 0 Å². The molecule has 0 aliphatic rings. The molecule has 0 radical (unpaired) electrons. The van der Waals surface area contributed by atoms with Crippen LogP contribution in [-0.2, 0) is 4.79 Å². The molecular formula is C15H19ClN2O2S. The first-order chi connectivity index (χ1) is 10.0. The van der Waals surface area contributed by atoms with Gasteiger partial charge in [-0.1, -0.05) is 49.2 Å². The summed E-state index contributed by atoms with van der Waals surface area (Å²) in [7, 11) is 0. The molecule has 2 aromatic rings. The SMILES string of the molecule is CCCCC(C)n1c(SCC(=O)O)nc2cccc(Cl)c21. The lowest BCUT2D eigenvalue weighted by molar-refractivity contribution is -0.133. The Morgan fingerprint density at radius 3 is 2.95 bits per heavy atom. The number of nitrogens with zero attached hydrogens (tertiary/aromatic N) is 2. The van der Waals surface area contributed by atoms with E-state index in [1.54, 1.807) is 0 Å². The lowest BCUT2D eigenvalue weighted by Gasteiger charge is -2.17. The lowest BCUT2D eigenvalue weighted by atomic mass is 10.1. The highest BCUT2D eigenvalue weighted by molar-refractivity contribution is 7.99. The van der Waals surface area contributed by atoms with Gasteiger partial charge < -0.3 is 9.67 Å². The Bertz CT molecular complexity index is 642. The molecule has 1 aromatic heterocycles. The highest BCUT2D eigenvalue weighted by Crippen LogP contribution is 2.33. The molecule has 0 bridgehead atoms. The van der Waals surface area contributed by atoms with Crippen molar-refractivity contribution in [2.24, 2.45) is 0 Å². The average molecular weight is 327 g/mol. The van der Waals surface area contributed by atoms with E-state index in [0.717, 1.165) is 35.5 Å². The second-order valence-corrected chi connectivity index (χ2v) is 6.40. The summed E-state index contributed by atoms with van der Waals surface area (Å²) < 4.78 is 2.08. The Hall–Kier alpha value is -1.20. The number of para-hydroxylation sites is 1. The molecule has 1 unspecified atom stereocenters. The average Bonchev–Trinajstić information content (AvgIpc) is 2.82. The number of hydrogen-bond donors (Lipinski definition) is 1. The van der Waals surface area contributed by atoms with Gasteiger partial charge in [0.2, 0.25) is 0 Å². The van der Waals surface area contributed by atoms with Gasteiger partial charge in [0, 0.05) is 6.04 Å². The van der Waals surface area contributed by atoms with Gasteiger partial charge in [0.25, 0.3) is 0 Å². The van der Waals surface area contributed by atoms with Crippen molar-refractivity contribution in [3.63, 3.8) is 0 Å². The zero-order chi connectivity index (χ0) is 15.4. The predicted octanol–water partition coefficient (Wildman–Crippen LogP) is 4.62. The number of imidazole rings is 1. The molecule has 1 aromatic carbocycles. The Morgan fingerprint density at radius 2 is 2.29 bits per heavy atom. The number of aliphatic carboxylic acids is 1. The van der Waals surface area contributed by atoms with Crippen LogP contribution >= 0.6 is 23.4 Å². The number of benzene rings is 1. The lowest BCUT2D eigenvalue weighted by Crippen LogP contribution is -2.08. The molecule has 0 aliphatic heterocycles. The smallest absolute Gasteiger partial charge is 0.313 e. The van der Waals surface area contributed by atoms with Crippen LogP contribution in [0.3, 0.4) is 0 Å². The maximum atomic E-state index is 10.8. The molecular weight excluding hydrogens is 308 g/mol. The van der Waals surface area contributed by atoms with Crippen molar-refractivity contribution in [1.29, 1.82) is 0 Å². The molecule has 4 nitrogen and oxygen atoms in total. The van der Waals surface area contributed by atoms with E-state index in [4.69, 9.17) is 16.7 Å². The summed E-state index contributed by atoms with van der Waals surface area (Å²) in [5.74, 6) is -0.840. The van der Waals surface area contributed by atoms with Crippen LogP contribution in [0.15, 0.2) is 23.4 Å². The minimum Gasteiger partial charge on any atom is -0.481 e. The van der Waals surface area contributed by atoms with E-state index in [2.05, 4.69) is 23.4 Å². The van der Waals surface area contributed by atoms with E-state index < -0.39 is 5.97 Å². The van der Waals surface area contributed by atoms with Crippen molar-refractivity contribution in [1.82, 2.24) is 9.55 Å². The van der Waals surface area contributed by atoms with Crippen LogP contribution in [0, 0.1) is 0 Å². The topological polar surface area (TPSA) is 55.1 Å². The number of hydrogen-bond acceptors (Lipinski definition) is 3. The van der Waals surface area contributed by atoms with Crippen molar-refractivity contribution < 1.29 is 9.90 Å². The predicted molar refractivity (Wildman–Crippen MR) is 87.3 cm³/mol. The Morgan fingerprint density at radius 1 is 1.52 bits per heavy atom. The molecule has 2 rings (SSSR count). The fraction of sp³-hybridized carbons (Fsp3) is 0.467. The van der Waals surface area contributed by atoms with E-state index in [9.17, 15) is 4.79 Å². The summed E-state index contributed by atoms with van der Waals surface area (Å²) in [6.45, 7) is 4.29. The van der Waals surface area contributed by atoms with E-state index in [-0.39, 0.29) is 11.8 Å². The fourth-order valence-electron chi connectivity index (χ4n) is 2.35. The van der Waals surface area contributed by atoms with E-state index in [1.807, 2.05) is 18.2 Å². The summed E-state index contributed by atoms with van der Waals surface area (Å²) in [5.41, 5.74) is 1.72. The number of unbranched alkanes of at least 4 members (excludes halogenated alkanes) is 1. The standard InChI is InChI=1S/C15H19ClN2O2S/c1-3-4-6-10(2)18-14-11(16)7-5-8-12(14)17-15(18)21-9-13(19)20/h5,7-8,10H,3-4,6,9H2,1-2H3,(H,19,20). The summed E-state index contributed by atoms with van der Waals surface area (Å²) in [4.78, 5) is 15.4. The van der Waals surface area contributed by atoms with Crippen LogP contribution in [0.1, 0.15) is 39.2 Å². The summed E-state index contributed by atoms with van der Waals surface area (Å²) >= 11 is 7.57. The van der Waals surface area contributed by atoms with Crippen LogP contribution in [0.25, 0.3) is 11.0 Å². The highest BCUT2D eigenvalue weighted by atomic mass is 35.5. The number of carbonyl (C=O) groups is 1. The summed E-state index contributed by atoms with van der Waals surface area (Å²) in [6, 6.07) is 5.87. The number of fused-ring (bicyclic) bond motifs is 1. The van der Waals surface area contributed by atoms with E-state index >= 15 is 0 Å². The molecule has 1 N–H and O–H groups in total. The first-order valence-electron chi connectivity index (χ1n) is 7.05. The first-order valence-corrected chi connectivity index (χ1v) is 8.42. The van der Waals surface area contributed by atoms with Gasteiger partial charge in [0.1, 0.15) is 0 Å². The third kappa shape index (κ3) is 3.71. The largest absolute Gasteiger partial charge is 0.481 e. The molecule has 21 heavy (non-hydrogen) atoms. The van der Waals surface area contributed by atoms with Gasteiger partial charge in [0.05, 0.1) is 21.8 Å². The molecule has 6 heteroatoms. The first kappa shape index (κ1) is 16.2. The molecule has 0 saturated heterocycles. The molecule has 0 amide bonds. The Kier molecular flexibility index (Phi) is 5.53. The molecule has 0 fully saturated rings. The normalized spacial score (nSPS) is 12.7. The Labute approximate surface area is 133 Å². The number of halogens is 1. The van der Waals surface area contributed by atoms with Crippen LogP contribution in [0.2, 0.25) is 5.02 Å². The van der Waals surface area contributed by atoms with Crippen LogP contribution in [-0.4, -0.2) is 26.4 Å². The third-order valence-electron chi connectivity index (χ3n) is 3.37. The maximum Gasteiger partial charge on any atom is 0.313 e. The molecule has 114 valence electrons. The second kappa shape index (κ2) is 7.18. The zero-order valence-electron chi connectivity index (χ0n) is 12.2. The van der Waals surface area contributed by atoms with Gasteiger partial charge in [-0.3, -0.25) is 4.79 Å². The maximum absolute atomic E-state index is 10.8. The van der Waals surface area contributed by atoms with Crippen molar-refractivity contribution in [2.75, 3.05) is 5.75 Å². The molecule has 1 atom stereocenters. The van der Waals surface area contributed by atoms with E-state index in [0.29, 0.717) is 5.02 Å². The van der Waals surface area contributed by atoms with Gasteiger partial charge in [0.15, 0.2) is 5.16 Å². The molecule has 0 spiro atoms. The number of rotatable bonds is 7. The number of thioether (sulfide) groups is 1. The molecule has 0 saturated carbocycles. The van der Waals surface area contributed by atoms with Crippen LogP contribution in [0.4, 0.5) is 0 Å². The minimum absolute atomic E-state index is 0.00143. The van der Waals surface area contributed by atoms with Crippen LogP contribution in [0.5, 0.6) is 0 Å². The third-order valence-corrected chi connectivity index (χ3v) is 4.61. The van der Waals surface area contributed by atoms with Gasteiger partial charge in [-0.15, -0.1) is 0 Å². The van der Waals surface area contributed by atoms with Crippen LogP contribution < -0.4 is 0 Å². The van der Waals surface area contributed by atoms with Crippen molar-refractivity contribution in [2.45, 2.75) is 44.3 Å². The monoisotopic (exact) mass is 326 g/mol. The summed E-state index contributed by atoms with van der Waals surface area (Å²) in [6.07, 6.45) is 3.27. The zero-order valence-corrected chi connectivity index (χ0v) is 13.7. The number of carboxylic acids is 1. The quantitative estimate of drug-likeness (QED) is 0.754. The van der Waals surface area contributed by atoms with Crippen molar-refractivity contribution >= 4 is 40.4 Å². The minimum atomic E-state index is -0.842.